The second kappa shape index (κ2) is 7.67. The fourth-order valence-electron chi connectivity index (χ4n) is 0.827. The molecule has 0 fully saturated rings. The first-order chi connectivity index (χ1) is 6.56. The van der Waals surface area contributed by atoms with Gasteiger partial charge in [0.25, 0.3) is 0 Å². The van der Waals surface area contributed by atoms with Crippen LogP contribution in [0.3, 0.4) is 0 Å². The van der Waals surface area contributed by atoms with Crippen molar-refractivity contribution in [1.82, 2.24) is 5.32 Å². The molecule has 0 heterocycles. The summed E-state index contributed by atoms with van der Waals surface area (Å²) in [5, 5.41) is 2.62. The molecule has 1 amide bonds. The monoisotopic (exact) mass is 219 g/mol. The fourth-order valence-corrected chi connectivity index (χ4v) is 1.44. The summed E-state index contributed by atoms with van der Waals surface area (Å²) < 4.78 is 11.0. The Labute approximate surface area is 86.9 Å². The zero-order valence-electron chi connectivity index (χ0n) is 8.67. The van der Waals surface area contributed by atoms with Crippen LogP contribution in [0.5, 0.6) is 0 Å². The van der Waals surface area contributed by atoms with E-state index in [-0.39, 0.29) is 24.5 Å². The molecular weight excluding hydrogens is 202 g/mol. The second-order valence-corrected chi connectivity index (χ2v) is 4.85. The van der Waals surface area contributed by atoms with Gasteiger partial charge in [-0.3, -0.25) is 9.00 Å². The molecule has 0 saturated carbocycles. The van der Waals surface area contributed by atoms with Crippen LogP contribution in [0.4, 0.5) is 0 Å². The summed E-state index contributed by atoms with van der Waals surface area (Å²) in [6.45, 7) is 3.73. The molecule has 0 aromatic heterocycles. The Kier molecular flexibility index (Phi) is 7.28. The van der Waals surface area contributed by atoms with E-state index in [1.54, 1.807) is 0 Å². The number of hydrogen-bond acceptors (Lipinski definition) is 3. The lowest BCUT2D eigenvalue weighted by atomic mass is 10.2. The van der Waals surface area contributed by atoms with E-state index < -0.39 is 10.8 Å². The second-order valence-electron chi connectivity index (χ2n) is 2.98. The number of amides is 1. The molecule has 5 heteroatoms. The van der Waals surface area contributed by atoms with Crippen LogP contribution in [-0.4, -0.2) is 33.9 Å². The number of carbonyl (C=O) groups excluding carboxylic acids is 2. The van der Waals surface area contributed by atoms with Gasteiger partial charge in [0.15, 0.2) is 0 Å². The van der Waals surface area contributed by atoms with Gasteiger partial charge in [0.05, 0.1) is 0 Å². The molecule has 0 bridgehead atoms. The van der Waals surface area contributed by atoms with E-state index in [2.05, 4.69) is 5.32 Å². The molecule has 4 nitrogen and oxygen atoms in total. The minimum absolute atomic E-state index is 0.0114. The lowest BCUT2D eigenvalue weighted by Crippen LogP contribution is -2.28. The Morgan fingerprint density at radius 3 is 2.43 bits per heavy atom. The molecule has 0 saturated heterocycles. The van der Waals surface area contributed by atoms with Gasteiger partial charge < -0.3 is 10.1 Å². The number of rotatable bonds is 7. The third kappa shape index (κ3) is 7.91. The standard InChI is InChI=1S/C9H17NO3S/c1-3-14(13)7-6-10-9(12)5-4-8(2)11/h3-7H2,1-2H3,(H,10,12). The Balaban J connectivity index is 3.45. The minimum atomic E-state index is -0.838. The normalized spacial score (nSPS) is 12.1. The van der Waals surface area contributed by atoms with Crippen molar-refractivity contribution in [2.24, 2.45) is 0 Å². The Morgan fingerprint density at radius 1 is 1.29 bits per heavy atom. The topological polar surface area (TPSA) is 63.2 Å². The van der Waals surface area contributed by atoms with E-state index >= 15 is 0 Å². The van der Waals surface area contributed by atoms with Crippen LogP contribution in [0, 0.1) is 0 Å². The van der Waals surface area contributed by atoms with Crippen molar-refractivity contribution >= 4 is 22.5 Å². The summed E-state index contributed by atoms with van der Waals surface area (Å²) in [6, 6.07) is 0. The molecule has 0 aromatic carbocycles. The van der Waals surface area contributed by atoms with Crippen molar-refractivity contribution in [3.05, 3.63) is 0 Å². The number of nitrogens with one attached hydrogen (secondary N) is 1. The van der Waals surface area contributed by atoms with Gasteiger partial charge in [0.1, 0.15) is 5.78 Å². The maximum atomic E-state index is 11.1. The number of hydrogen-bond donors (Lipinski definition) is 1. The fraction of sp³-hybridized carbons (Fsp3) is 0.778. The van der Waals surface area contributed by atoms with Crippen LogP contribution in [0.1, 0.15) is 26.7 Å². The van der Waals surface area contributed by atoms with Crippen molar-refractivity contribution in [1.29, 1.82) is 0 Å². The maximum Gasteiger partial charge on any atom is 0.220 e. The molecule has 0 aliphatic rings. The van der Waals surface area contributed by atoms with E-state index in [9.17, 15) is 13.8 Å². The summed E-state index contributed by atoms with van der Waals surface area (Å²) in [5.74, 6) is 0.969. The Hall–Kier alpha value is -0.710. The maximum absolute atomic E-state index is 11.1. The quantitative estimate of drug-likeness (QED) is 0.667. The van der Waals surface area contributed by atoms with Gasteiger partial charge in [-0.2, -0.15) is 0 Å². The Morgan fingerprint density at radius 2 is 1.93 bits per heavy atom. The van der Waals surface area contributed by atoms with Crippen molar-refractivity contribution < 1.29 is 13.8 Å². The van der Waals surface area contributed by atoms with Gasteiger partial charge in [0.2, 0.25) is 5.91 Å². The molecule has 1 unspecified atom stereocenters. The molecule has 1 N–H and O–H groups in total. The van der Waals surface area contributed by atoms with Crippen molar-refractivity contribution in [2.75, 3.05) is 18.1 Å². The summed E-state index contributed by atoms with van der Waals surface area (Å²) in [7, 11) is -0.838. The van der Waals surface area contributed by atoms with Crippen LogP contribution in [0.2, 0.25) is 0 Å². The average Bonchev–Trinajstić information content (AvgIpc) is 2.14. The summed E-state index contributed by atoms with van der Waals surface area (Å²) in [6.07, 6.45) is 0.511. The predicted octanol–water partition coefficient (Wildman–Crippen LogP) is 0.240. The number of ketones is 1. The highest BCUT2D eigenvalue weighted by molar-refractivity contribution is 7.84. The third-order valence-corrected chi connectivity index (χ3v) is 2.98. The summed E-state index contributed by atoms with van der Waals surface area (Å²) in [4.78, 5) is 21.6. The van der Waals surface area contributed by atoms with E-state index in [1.165, 1.54) is 6.92 Å². The van der Waals surface area contributed by atoms with Gasteiger partial charge in [-0.25, -0.2) is 0 Å². The first-order valence-electron chi connectivity index (χ1n) is 4.67. The van der Waals surface area contributed by atoms with Crippen molar-refractivity contribution in [2.45, 2.75) is 26.7 Å². The van der Waals surface area contributed by atoms with E-state index in [0.29, 0.717) is 18.1 Å². The van der Waals surface area contributed by atoms with Crippen LogP contribution >= 0.6 is 0 Å². The highest BCUT2D eigenvalue weighted by atomic mass is 32.2. The first kappa shape index (κ1) is 13.3. The molecule has 82 valence electrons. The van der Waals surface area contributed by atoms with Crippen LogP contribution in [0.15, 0.2) is 0 Å². The molecule has 14 heavy (non-hydrogen) atoms. The van der Waals surface area contributed by atoms with Gasteiger partial charge in [-0.1, -0.05) is 6.92 Å². The number of carbonyl (C=O) groups is 2. The molecule has 0 aromatic rings. The van der Waals surface area contributed by atoms with Gasteiger partial charge >= 0.3 is 0 Å². The molecule has 0 rings (SSSR count). The van der Waals surface area contributed by atoms with Gasteiger partial charge in [-0.15, -0.1) is 0 Å². The third-order valence-electron chi connectivity index (χ3n) is 1.68. The number of Topliss-reactive ketones (excluding diaryl/α,β-unsaturated/α-hetero) is 1. The van der Waals surface area contributed by atoms with Gasteiger partial charge in [0, 0.05) is 41.7 Å². The smallest absolute Gasteiger partial charge is 0.220 e. The molecule has 1 atom stereocenters. The molecule has 0 spiro atoms. The highest BCUT2D eigenvalue weighted by Gasteiger charge is 2.03. The summed E-state index contributed by atoms with van der Waals surface area (Å²) in [5.41, 5.74) is 0. The zero-order valence-corrected chi connectivity index (χ0v) is 9.49. The van der Waals surface area contributed by atoms with E-state index in [0.717, 1.165) is 0 Å². The predicted molar refractivity (Wildman–Crippen MR) is 56.5 cm³/mol. The lowest BCUT2D eigenvalue weighted by Gasteiger charge is -2.03. The molecule has 0 radical (unpaired) electrons. The molecular formula is C9H17NO3S. The lowest BCUT2D eigenvalue weighted by molar-refractivity contribution is -0.124. The van der Waals surface area contributed by atoms with Crippen molar-refractivity contribution in [3.63, 3.8) is 0 Å². The van der Waals surface area contributed by atoms with Crippen molar-refractivity contribution in [3.8, 4) is 0 Å². The van der Waals surface area contributed by atoms with E-state index in [1.807, 2.05) is 6.92 Å². The Bertz CT molecular complexity index is 228. The largest absolute Gasteiger partial charge is 0.355 e. The molecule has 0 aliphatic carbocycles. The average molecular weight is 219 g/mol. The minimum Gasteiger partial charge on any atom is -0.355 e. The van der Waals surface area contributed by atoms with E-state index in [4.69, 9.17) is 0 Å². The van der Waals surface area contributed by atoms with Crippen LogP contribution < -0.4 is 5.32 Å². The zero-order chi connectivity index (χ0) is 11.0. The summed E-state index contributed by atoms with van der Waals surface area (Å²) >= 11 is 0. The van der Waals surface area contributed by atoms with Crippen LogP contribution in [0.25, 0.3) is 0 Å². The highest BCUT2D eigenvalue weighted by Crippen LogP contribution is 1.89. The van der Waals surface area contributed by atoms with Gasteiger partial charge in [-0.05, 0) is 6.92 Å². The SMILES string of the molecule is CCS(=O)CCNC(=O)CCC(C)=O. The first-order valence-corrected chi connectivity index (χ1v) is 6.16. The van der Waals surface area contributed by atoms with Crippen LogP contribution in [-0.2, 0) is 20.4 Å². The molecule has 0 aliphatic heterocycles.